The van der Waals surface area contributed by atoms with Crippen molar-refractivity contribution in [2.45, 2.75) is 31.7 Å². The van der Waals surface area contributed by atoms with E-state index in [1.807, 2.05) is 11.8 Å². The minimum atomic E-state index is -0.751. The predicted molar refractivity (Wildman–Crippen MR) is 114 cm³/mol. The number of carbonyl (C=O) groups excluding carboxylic acids is 2. The van der Waals surface area contributed by atoms with Gasteiger partial charge in [-0.2, -0.15) is 0 Å². The number of nitrogens with one attached hydrogen (secondary N) is 2. The summed E-state index contributed by atoms with van der Waals surface area (Å²) < 4.78 is 0. The Balaban J connectivity index is 1.67. The molecule has 0 radical (unpaired) electrons. The number of rotatable bonds is 5. The number of anilines is 2. The van der Waals surface area contributed by atoms with Gasteiger partial charge in [0.25, 0.3) is 5.91 Å². The molecule has 1 aromatic carbocycles. The summed E-state index contributed by atoms with van der Waals surface area (Å²) in [7, 11) is 0. The molecule has 0 unspecified atom stereocenters. The van der Waals surface area contributed by atoms with E-state index in [0.29, 0.717) is 53.1 Å². The highest BCUT2D eigenvalue weighted by Crippen LogP contribution is 2.35. The Kier molecular flexibility index (Phi) is 6.64. The van der Waals surface area contributed by atoms with E-state index >= 15 is 0 Å². The first kappa shape index (κ1) is 22.1. The first-order chi connectivity index (χ1) is 14.2. The first-order valence-electron chi connectivity index (χ1n) is 9.28. The summed E-state index contributed by atoms with van der Waals surface area (Å²) in [6.45, 7) is 3.16. The Labute approximate surface area is 183 Å². The van der Waals surface area contributed by atoms with Gasteiger partial charge in [-0.15, -0.1) is 0 Å². The number of benzene rings is 1. The van der Waals surface area contributed by atoms with Crippen molar-refractivity contribution in [1.29, 1.82) is 0 Å². The zero-order valence-electron chi connectivity index (χ0n) is 16.3. The van der Waals surface area contributed by atoms with Crippen LogP contribution in [-0.4, -0.2) is 45.6 Å². The summed E-state index contributed by atoms with van der Waals surface area (Å²) in [5.41, 5.74) is 8.20. The van der Waals surface area contributed by atoms with Crippen molar-refractivity contribution in [2.24, 2.45) is 0 Å². The van der Waals surface area contributed by atoms with Crippen LogP contribution < -0.4 is 21.4 Å². The standard InChI is InChI=1S/C19H22Cl2N6O3/c1-19(25-14(28)9-15(29)26-30)5-7-27(8-6-19)13-10-23-17(18(22)24-13)11-3-2-4-12(20)16(11)21/h2-4,10,30H,5-9H2,1H3,(H2,22,24)(H,25,28)(H,26,29). The van der Waals surface area contributed by atoms with E-state index in [2.05, 4.69) is 15.3 Å². The fourth-order valence-corrected chi connectivity index (χ4v) is 3.75. The molecule has 160 valence electrons. The van der Waals surface area contributed by atoms with Gasteiger partial charge in [-0.3, -0.25) is 14.8 Å². The molecule has 0 atom stereocenters. The van der Waals surface area contributed by atoms with Gasteiger partial charge >= 0.3 is 0 Å². The Hall–Kier alpha value is -2.62. The van der Waals surface area contributed by atoms with Gasteiger partial charge in [0, 0.05) is 24.2 Å². The predicted octanol–water partition coefficient (Wildman–Crippen LogP) is 2.40. The highest BCUT2D eigenvalue weighted by Gasteiger charge is 2.32. The van der Waals surface area contributed by atoms with Gasteiger partial charge in [0.15, 0.2) is 5.82 Å². The van der Waals surface area contributed by atoms with E-state index in [-0.39, 0.29) is 5.82 Å². The molecular weight excluding hydrogens is 431 g/mol. The van der Waals surface area contributed by atoms with Gasteiger partial charge in [-0.05, 0) is 25.8 Å². The Bertz CT molecular complexity index is 963. The average Bonchev–Trinajstić information content (AvgIpc) is 2.70. The van der Waals surface area contributed by atoms with Crippen LogP contribution in [0.1, 0.15) is 26.2 Å². The van der Waals surface area contributed by atoms with E-state index in [4.69, 9.17) is 34.1 Å². The van der Waals surface area contributed by atoms with Crippen LogP contribution in [0.4, 0.5) is 11.6 Å². The maximum Gasteiger partial charge on any atom is 0.252 e. The molecule has 0 bridgehead atoms. The van der Waals surface area contributed by atoms with Crippen LogP contribution in [0.25, 0.3) is 11.3 Å². The fourth-order valence-electron chi connectivity index (χ4n) is 3.36. The van der Waals surface area contributed by atoms with Gasteiger partial charge in [-0.25, -0.2) is 15.4 Å². The SMILES string of the molecule is CC1(NC(=O)CC(=O)NO)CCN(c2cnc(-c3cccc(Cl)c3Cl)c(N)n2)CC1. The molecule has 1 saturated heterocycles. The Morgan fingerprint density at radius 3 is 2.60 bits per heavy atom. The monoisotopic (exact) mass is 452 g/mol. The topological polar surface area (TPSA) is 133 Å². The second-order valence-electron chi connectivity index (χ2n) is 7.37. The van der Waals surface area contributed by atoms with Gasteiger partial charge < -0.3 is 16.0 Å². The number of halogens is 2. The first-order valence-corrected chi connectivity index (χ1v) is 10.0. The second-order valence-corrected chi connectivity index (χ2v) is 8.16. The maximum atomic E-state index is 11.9. The van der Waals surface area contributed by atoms with Crippen molar-refractivity contribution in [1.82, 2.24) is 20.8 Å². The molecule has 1 aliphatic rings. The minimum absolute atomic E-state index is 0.244. The molecule has 2 heterocycles. The summed E-state index contributed by atoms with van der Waals surface area (Å²) in [6, 6.07) is 5.23. The third-order valence-electron chi connectivity index (χ3n) is 5.07. The Morgan fingerprint density at radius 2 is 1.97 bits per heavy atom. The number of amides is 2. The molecule has 1 aliphatic heterocycles. The van der Waals surface area contributed by atoms with E-state index in [0.717, 1.165) is 0 Å². The summed E-state index contributed by atoms with van der Waals surface area (Å²) >= 11 is 12.3. The normalized spacial score (nSPS) is 15.5. The summed E-state index contributed by atoms with van der Waals surface area (Å²) in [4.78, 5) is 34.0. The highest BCUT2D eigenvalue weighted by molar-refractivity contribution is 6.43. The second kappa shape index (κ2) is 9.03. The van der Waals surface area contributed by atoms with Gasteiger partial charge in [0.1, 0.15) is 17.9 Å². The van der Waals surface area contributed by atoms with Crippen LogP contribution in [0, 0.1) is 0 Å². The van der Waals surface area contributed by atoms with Gasteiger partial charge in [-0.1, -0.05) is 35.3 Å². The number of piperidine rings is 1. The zero-order valence-corrected chi connectivity index (χ0v) is 17.8. The zero-order chi connectivity index (χ0) is 21.9. The number of nitrogen functional groups attached to an aromatic ring is 1. The van der Waals surface area contributed by atoms with Crippen LogP contribution in [-0.2, 0) is 9.59 Å². The molecule has 1 aromatic heterocycles. The van der Waals surface area contributed by atoms with Crippen molar-refractivity contribution in [3.8, 4) is 11.3 Å². The molecule has 2 aromatic rings. The lowest BCUT2D eigenvalue weighted by Crippen LogP contribution is -2.54. The fraction of sp³-hybridized carbons (Fsp3) is 0.368. The van der Waals surface area contributed by atoms with Crippen LogP contribution in [0.5, 0.6) is 0 Å². The lowest BCUT2D eigenvalue weighted by atomic mass is 9.89. The molecule has 5 N–H and O–H groups in total. The third-order valence-corrected chi connectivity index (χ3v) is 5.89. The summed E-state index contributed by atoms with van der Waals surface area (Å²) in [5, 5.41) is 12.2. The Morgan fingerprint density at radius 1 is 1.27 bits per heavy atom. The molecule has 2 amide bonds. The van der Waals surface area contributed by atoms with Crippen LogP contribution in [0.15, 0.2) is 24.4 Å². The van der Waals surface area contributed by atoms with Crippen LogP contribution in [0.2, 0.25) is 10.0 Å². The van der Waals surface area contributed by atoms with E-state index < -0.39 is 23.8 Å². The molecule has 30 heavy (non-hydrogen) atoms. The van der Waals surface area contributed by atoms with Crippen molar-refractivity contribution < 1.29 is 14.8 Å². The maximum absolute atomic E-state index is 11.9. The van der Waals surface area contributed by atoms with E-state index in [9.17, 15) is 9.59 Å². The molecule has 1 fully saturated rings. The number of hydrogen-bond donors (Lipinski definition) is 4. The molecule has 0 spiro atoms. The average molecular weight is 453 g/mol. The number of nitrogens with zero attached hydrogens (tertiary/aromatic N) is 3. The number of carbonyl (C=O) groups is 2. The lowest BCUT2D eigenvalue weighted by Gasteiger charge is -2.40. The van der Waals surface area contributed by atoms with Crippen LogP contribution >= 0.6 is 23.2 Å². The van der Waals surface area contributed by atoms with Crippen molar-refractivity contribution >= 4 is 46.7 Å². The molecule has 3 rings (SSSR count). The molecular formula is C19H22Cl2N6O3. The number of nitrogens with two attached hydrogens (primary N) is 1. The lowest BCUT2D eigenvalue weighted by molar-refractivity contribution is -0.135. The van der Waals surface area contributed by atoms with E-state index in [1.165, 1.54) is 5.48 Å². The van der Waals surface area contributed by atoms with Crippen LogP contribution in [0.3, 0.4) is 0 Å². The number of hydrogen-bond acceptors (Lipinski definition) is 7. The molecule has 9 nitrogen and oxygen atoms in total. The largest absolute Gasteiger partial charge is 0.382 e. The number of aromatic nitrogens is 2. The quantitative estimate of drug-likeness (QED) is 0.310. The third kappa shape index (κ3) is 4.92. The molecule has 0 saturated carbocycles. The highest BCUT2D eigenvalue weighted by atomic mass is 35.5. The summed E-state index contributed by atoms with van der Waals surface area (Å²) in [5.74, 6) is -0.320. The van der Waals surface area contributed by atoms with Crippen molar-refractivity contribution in [2.75, 3.05) is 23.7 Å². The minimum Gasteiger partial charge on any atom is -0.382 e. The molecule has 11 heteroatoms. The number of hydroxylamine groups is 1. The van der Waals surface area contributed by atoms with Crippen molar-refractivity contribution in [3.63, 3.8) is 0 Å². The van der Waals surface area contributed by atoms with Gasteiger partial charge in [0.05, 0.1) is 16.2 Å². The molecule has 0 aliphatic carbocycles. The smallest absolute Gasteiger partial charge is 0.252 e. The van der Waals surface area contributed by atoms with Gasteiger partial charge in [0.2, 0.25) is 5.91 Å². The van der Waals surface area contributed by atoms with Crippen molar-refractivity contribution in [3.05, 3.63) is 34.4 Å². The summed E-state index contributed by atoms with van der Waals surface area (Å²) in [6.07, 6.45) is 2.49. The van der Waals surface area contributed by atoms with E-state index in [1.54, 1.807) is 24.4 Å².